The van der Waals surface area contributed by atoms with Crippen molar-refractivity contribution < 1.29 is 23.1 Å². The van der Waals surface area contributed by atoms with Crippen LogP contribution in [0.15, 0.2) is 39.7 Å². The first-order chi connectivity index (χ1) is 16.0. The van der Waals surface area contributed by atoms with Crippen LogP contribution in [0.1, 0.15) is 24.0 Å². The summed E-state index contributed by atoms with van der Waals surface area (Å²) in [6.07, 6.45) is -3.16. The monoisotopic (exact) mass is 540 g/mol. The molecule has 4 N–H and O–H groups in total. The second-order valence-electron chi connectivity index (χ2n) is 7.60. The number of nitrogens with zero attached hydrogens (tertiary/aromatic N) is 4. The zero-order valence-corrected chi connectivity index (χ0v) is 19.2. The van der Waals surface area contributed by atoms with Gasteiger partial charge >= 0.3 is 12.1 Å². The zero-order valence-electron chi connectivity index (χ0n) is 17.6. The molecule has 1 atom stereocenters. The largest absolute Gasteiger partial charge is 0.490 e. The number of rotatable bonds is 3. The number of nitriles is 1. The van der Waals surface area contributed by atoms with Crippen LogP contribution in [0.4, 0.5) is 19.1 Å². The molecule has 34 heavy (non-hydrogen) atoms. The highest BCUT2D eigenvalue weighted by Gasteiger charge is 2.38. The van der Waals surface area contributed by atoms with Gasteiger partial charge < -0.3 is 20.7 Å². The minimum atomic E-state index is -5.08. The van der Waals surface area contributed by atoms with E-state index in [1.165, 1.54) is 0 Å². The predicted molar refractivity (Wildman–Crippen MR) is 121 cm³/mol. The number of carbonyl (C=O) groups is 1. The number of H-pyrrole nitrogens is 1. The number of halogens is 4. The van der Waals surface area contributed by atoms with Gasteiger partial charge in [-0.1, -0.05) is 18.2 Å². The lowest BCUT2D eigenvalue weighted by Crippen LogP contribution is -2.45. The first kappa shape index (κ1) is 25.3. The molecule has 13 heteroatoms. The molecule has 180 valence electrons. The Morgan fingerprint density at radius 3 is 2.68 bits per heavy atom. The second-order valence-corrected chi connectivity index (χ2v) is 8.46. The number of benzene rings is 1. The summed E-state index contributed by atoms with van der Waals surface area (Å²) in [5.41, 5.74) is 7.91. The number of hydrogen-bond acceptors (Lipinski definition) is 6. The van der Waals surface area contributed by atoms with Crippen molar-refractivity contribution in [3.8, 4) is 6.07 Å². The van der Waals surface area contributed by atoms with Crippen molar-refractivity contribution >= 4 is 38.9 Å². The predicted octanol–water partition coefficient (Wildman–Crippen LogP) is 2.97. The number of nitrogens with two attached hydrogens (primary N) is 1. The van der Waals surface area contributed by atoms with Crippen LogP contribution in [0.2, 0.25) is 0 Å². The Balaban J connectivity index is 0.000000406. The maximum atomic E-state index is 13.2. The molecule has 4 rings (SSSR count). The van der Waals surface area contributed by atoms with E-state index in [1.807, 2.05) is 18.2 Å². The molecule has 1 aromatic carbocycles. The topological polar surface area (TPSA) is 141 Å². The number of piperidine rings is 1. The third-order valence-electron chi connectivity index (χ3n) is 5.14. The van der Waals surface area contributed by atoms with E-state index in [-0.39, 0.29) is 18.1 Å². The quantitative estimate of drug-likeness (QED) is 0.463. The summed E-state index contributed by atoms with van der Waals surface area (Å²) < 4.78 is 34.1. The Morgan fingerprint density at radius 2 is 2.06 bits per heavy atom. The van der Waals surface area contributed by atoms with Gasteiger partial charge in [0.2, 0.25) is 5.95 Å². The molecule has 0 radical (unpaired) electrons. The molecule has 3 aromatic rings. The van der Waals surface area contributed by atoms with Gasteiger partial charge in [-0.25, -0.2) is 4.79 Å². The molecule has 9 nitrogen and oxygen atoms in total. The smallest absolute Gasteiger partial charge is 0.475 e. The molecule has 0 amide bonds. The van der Waals surface area contributed by atoms with Crippen molar-refractivity contribution in [1.29, 1.82) is 5.26 Å². The van der Waals surface area contributed by atoms with Crippen molar-refractivity contribution in [3.05, 3.63) is 56.4 Å². The third-order valence-corrected chi connectivity index (χ3v) is 5.57. The van der Waals surface area contributed by atoms with Crippen molar-refractivity contribution in [3.63, 3.8) is 0 Å². The highest BCUT2D eigenvalue weighted by molar-refractivity contribution is 9.10. The molecule has 2 aromatic heterocycles. The first-order valence-electron chi connectivity index (χ1n) is 10.1. The lowest BCUT2D eigenvalue weighted by atomic mass is 10.1. The van der Waals surface area contributed by atoms with Gasteiger partial charge in [-0.2, -0.15) is 23.4 Å². The number of aromatic nitrogens is 3. The Kier molecular flexibility index (Phi) is 7.63. The number of aliphatic carboxylic acids is 1. The van der Waals surface area contributed by atoms with Crippen LogP contribution in [-0.2, 0) is 11.3 Å². The van der Waals surface area contributed by atoms with Gasteiger partial charge in [0, 0.05) is 19.1 Å². The van der Waals surface area contributed by atoms with E-state index in [1.54, 1.807) is 16.7 Å². The number of anilines is 1. The van der Waals surface area contributed by atoms with E-state index in [9.17, 15) is 23.2 Å². The van der Waals surface area contributed by atoms with E-state index in [0.29, 0.717) is 33.7 Å². The molecule has 0 saturated carbocycles. The third kappa shape index (κ3) is 5.75. The minimum Gasteiger partial charge on any atom is -0.475 e. The molecule has 1 saturated heterocycles. The van der Waals surface area contributed by atoms with Crippen LogP contribution < -0.4 is 16.2 Å². The van der Waals surface area contributed by atoms with E-state index < -0.39 is 12.1 Å². The number of aromatic amines is 1. The second kappa shape index (κ2) is 10.3. The van der Waals surface area contributed by atoms with Crippen molar-refractivity contribution in [2.75, 3.05) is 18.0 Å². The molecule has 1 fully saturated rings. The molecular formula is C21H20BrF3N6O3. The zero-order chi connectivity index (χ0) is 25.0. The maximum Gasteiger partial charge on any atom is 0.490 e. The van der Waals surface area contributed by atoms with Crippen LogP contribution in [0.3, 0.4) is 0 Å². The van der Waals surface area contributed by atoms with E-state index in [0.717, 1.165) is 24.9 Å². The normalized spacial score (nSPS) is 16.0. The van der Waals surface area contributed by atoms with Crippen molar-refractivity contribution in [2.45, 2.75) is 31.6 Å². The summed E-state index contributed by atoms with van der Waals surface area (Å²) in [6.45, 7) is 1.74. The molecule has 0 spiro atoms. The number of fused-ring (bicyclic) bond motifs is 1. The number of carboxylic acid groups (broad SMARTS) is 1. The van der Waals surface area contributed by atoms with Crippen LogP contribution in [-0.4, -0.2) is 50.9 Å². The summed E-state index contributed by atoms with van der Waals surface area (Å²) in [5, 5.41) is 17.0. The van der Waals surface area contributed by atoms with Crippen LogP contribution in [0.5, 0.6) is 0 Å². The number of alkyl halides is 3. The molecule has 1 aliphatic heterocycles. The number of carboxylic acids is 1. The van der Waals surface area contributed by atoms with Gasteiger partial charge in [0.15, 0.2) is 0 Å². The average molecular weight is 541 g/mol. The lowest BCUT2D eigenvalue weighted by Gasteiger charge is -2.33. The summed E-state index contributed by atoms with van der Waals surface area (Å²) in [4.78, 5) is 32.0. The summed E-state index contributed by atoms with van der Waals surface area (Å²) in [7, 11) is 0. The SMILES string of the molecule is N#Cc1ccccc1Cn1c(N2CCC[C@@H](N)C2)nc2[nH]c(Br)cc2c1=O.O=C(O)C(F)(F)F. The summed E-state index contributed by atoms with van der Waals surface area (Å²) in [6, 6.07) is 11.3. The molecule has 0 unspecified atom stereocenters. The summed E-state index contributed by atoms with van der Waals surface area (Å²) >= 11 is 3.38. The fourth-order valence-electron chi connectivity index (χ4n) is 3.57. The Labute approximate surface area is 199 Å². The van der Waals surface area contributed by atoms with Gasteiger partial charge in [0.05, 0.1) is 28.2 Å². The molecule has 1 aliphatic rings. The molecule has 3 heterocycles. The molecule has 0 aliphatic carbocycles. The van der Waals surface area contributed by atoms with Crippen molar-refractivity contribution in [1.82, 2.24) is 14.5 Å². The van der Waals surface area contributed by atoms with Crippen LogP contribution >= 0.6 is 15.9 Å². The van der Waals surface area contributed by atoms with Crippen LogP contribution in [0, 0.1) is 11.3 Å². The maximum absolute atomic E-state index is 13.2. The van der Waals surface area contributed by atoms with E-state index >= 15 is 0 Å². The van der Waals surface area contributed by atoms with Crippen LogP contribution in [0.25, 0.3) is 11.0 Å². The average Bonchev–Trinajstić information content (AvgIpc) is 3.16. The van der Waals surface area contributed by atoms with E-state index in [4.69, 9.17) is 20.6 Å². The highest BCUT2D eigenvalue weighted by Crippen LogP contribution is 2.22. The van der Waals surface area contributed by atoms with Gasteiger partial charge in [0.25, 0.3) is 5.56 Å². The van der Waals surface area contributed by atoms with Crippen molar-refractivity contribution in [2.24, 2.45) is 5.73 Å². The summed E-state index contributed by atoms with van der Waals surface area (Å²) in [5.74, 6) is -2.17. The molecule has 0 bridgehead atoms. The standard InChI is InChI=1S/C19H19BrN6O.C2HF3O2/c20-16-8-15-17(23-16)24-19(25-7-3-6-14(22)11-25)26(18(15)27)10-13-5-2-1-4-12(13)9-21;3-2(4,5)1(6)7/h1-2,4-5,8,14,23H,3,6-7,10-11,22H2;(H,6,7)/t14-;/m1./s1. The number of hydrogen-bond donors (Lipinski definition) is 3. The fourth-order valence-corrected chi connectivity index (χ4v) is 3.99. The Bertz CT molecular complexity index is 1300. The highest BCUT2D eigenvalue weighted by atomic mass is 79.9. The van der Waals surface area contributed by atoms with E-state index in [2.05, 4.69) is 31.9 Å². The van der Waals surface area contributed by atoms with Gasteiger partial charge in [0.1, 0.15) is 5.65 Å². The molecular weight excluding hydrogens is 521 g/mol. The number of nitrogens with one attached hydrogen (secondary N) is 1. The van der Waals surface area contributed by atoms with Gasteiger partial charge in [-0.3, -0.25) is 9.36 Å². The Morgan fingerprint density at radius 1 is 1.38 bits per heavy atom. The minimum absolute atomic E-state index is 0.0570. The van der Waals surface area contributed by atoms with Gasteiger partial charge in [-0.05, 0) is 46.5 Å². The first-order valence-corrected chi connectivity index (χ1v) is 10.9. The Hall–Kier alpha value is -3.37. The lowest BCUT2D eigenvalue weighted by molar-refractivity contribution is -0.192. The van der Waals surface area contributed by atoms with Gasteiger partial charge in [-0.15, -0.1) is 0 Å². The fraction of sp³-hybridized carbons (Fsp3) is 0.333.